The molecule has 2 heterocycles. The predicted molar refractivity (Wildman–Crippen MR) is 159 cm³/mol. The van der Waals surface area contributed by atoms with Gasteiger partial charge >= 0.3 is 0 Å². The minimum Gasteiger partial charge on any atom is -0.339 e. The van der Waals surface area contributed by atoms with E-state index in [4.69, 9.17) is 9.51 Å². The number of fused-ring (bicyclic) bond motifs is 3. The second-order valence-corrected chi connectivity index (χ2v) is 14.3. The minimum atomic E-state index is -2.63. The van der Waals surface area contributed by atoms with E-state index in [2.05, 4.69) is 36.1 Å². The van der Waals surface area contributed by atoms with Crippen molar-refractivity contribution < 1.29 is 18.1 Å². The smallest absolute Gasteiger partial charge is 0.264 e. The lowest BCUT2D eigenvalue weighted by Gasteiger charge is -2.53. The second-order valence-electron chi connectivity index (χ2n) is 14.3. The van der Waals surface area contributed by atoms with Gasteiger partial charge in [0.25, 0.3) is 5.56 Å². The van der Waals surface area contributed by atoms with E-state index in [0.29, 0.717) is 24.9 Å². The van der Waals surface area contributed by atoms with Crippen LogP contribution in [0.3, 0.4) is 0 Å². The monoisotopic (exact) mass is 593 g/mol. The number of aromatic nitrogens is 4. The van der Waals surface area contributed by atoms with Gasteiger partial charge < -0.3 is 9.42 Å². The van der Waals surface area contributed by atoms with Crippen LogP contribution in [0, 0.1) is 11.3 Å². The molecule has 1 N–H and O–H groups in total. The van der Waals surface area contributed by atoms with Crippen molar-refractivity contribution in [2.24, 2.45) is 11.3 Å². The van der Waals surface area contributed by atoms with Crippen LogP contribution in [-0.4, -0.2) is 38.7 Å². The van der Waals surface area contributed by atoms with Crippen LogP contribution in [0.2, 0.25) is 0 Å². The van der Waals surface area contributed by atoms with Crippen molar-refractivity contribution in [1.82, 2.24) is 20.3 Å². The number of carbonyl (C=O) groups is 1. The molecule has 2 aromatic heterocycles. The summed E-state index contributed by atoms with van der Waals surface area (Å²) in [7, 11) is 0. The number of nitrogens with one attached hydrogen (secondary N) is 1. The van der Waals surface area contributed by atoms with Crippen molar-refractivity contribution in [3.63, 3.8) is 0 Å². The third-order valence-corrected chi connectivity index (χ3v) is 10.2. The molecule has 0 atom stereocenters. The summed E-state index contributed by atoms with van der Waals surface area (Å²) in [5.41, 5.74) is 1.57. The molecule has 8 nitrogen and oxygen atoms in total. The number of aromatic amines is 1. The van der Waals surface area contributed by atoms with Gasteiger partial charge in [-0.15, -0.1) is 0 Å². The van der Waals surface area contributed by atoms with Crippen LogP contribution in [0.4, 0.5) is 14.5 Å². The molecule has 0 saturated heterocycles. The molecule has 0 spiro atoms. The van der Waals surface area contributed by atoms with E-state index in [9.17, 15) is 18.4 Å². The normalized spacial score (nSPS) is 25.5. The Kier molecular flexibility index (Phi) is 7.53. The van der Waals surface area contributed by atoms with E-state index in [0.717, 1.165) is 61.5 Å². The molecular weight excluding hydrogens is 552 g/mol. The Bertz CT molecular complexity index is 1510. The molecule has 1 aromatic carbocycles. The summed E-state index contributed by atoms with van der Waals surface area (Å²) in [6, 6.07) is 9.14. The quantitative estimate of drug-likeness (QED) is 0.318. The summed E-state index contributed by atoms with van der Waals surface area (Å²) >= 11 is 0. The fourth-order valence-electron chi connectivity index (χ4n) is 7.27. The van der Waals surface area contributed by atoms with Gasteiger partial charge in [-0.2, -0.15) is 10.1 Å². The number of rotatable bonds is 7. The molecule has 43 heavy (non-hydrogen) atoms. The Balaban J connectivity index is 1.25. The van der Waals surface area contributed by atoms with Gasteiger partial charge in [-0.05, 0) is 80.4 Å². The van der Waals surface area contributed by atoms with Gasteiger partial charge in [-0.1, -0.05) is 38.1 Å². The average molecular weight is 594 g/mol. The Labute approximate surface area is 250 Å². The van der Waals surface area contributed by atoms with Gasteiger partial charge in [0.2, 0.25) is 17.7 Å². The van der Waals surface area contributed by atoms with E-state index >= 15 is 0 Å². The zero-order chi connectivity index (χ0) is 30.5. The fourth-order valence-corrected chi connectivity index (χ4v) is 7.27. The lowest BCUT2D eigenvalue weighted by atomic mass is 9.53. The number of benzene rings is 1. The molecule has 2 bridgehead atoms. The van der Waals surface area contributed by atoms with E-state index in [1.54, 1.807) is 6.20 Å². The highest BCUT2D eigenvalue weighted by molar-refractivity contribution is 5.94. The summed E-state index contributed by atoms with van der Waals surface area (Å²) in [5, 5.41) is 10.6. The zero-order valence-electron chi connectivity index (χ0n) is 25.3. The lowest BCUT2D eigenvalue weighted by Crippen LogP contribution is -2.51. The zero-order valence-corrected chi connectivity index (χ0v) is 25.3. The van der Waals surface area contributed by atoms with Crippen molar-refractivity contribution in [3.05, 3.63) is 58.6 Å². The van der Waals surface area contributed by atoms with Crippen molar-refractivity contribution in [2.75, 3.05) is 11.4 Å². The highest BCUT2D eigenvalue weighted by Crippen LogP contribution is 2.58. The highest BCUT2D eigenvalue weighted by Gasteiger charge is 2.53. The number of halogens is 2. The van der Waals surface area contributed by atoms with E-state index < -0.39 is 5.92 Å². The number of nitrogens with zero attached hydrogens (tertiary/aromatic N) is 4. The van der Waals surface area contributed by atoms with E-state index in [1.807, 2.05) is 29.2 Å². The third kappa shape index (κ3) is 6.15. The molecule has 4 fully saturated rings. The molecule has 0 aliphatic heterocycles. The SMILES string of the molecule is CC(C)(C)c1noc(C23CCC(CN(C(=O)CC4CCC(F)(F)CC4)c4cccc(-c5cn[nH]c(=O)c5)c4)(CC2)CC3)n1. The Morgan fingerprint density at radius 1 is 1.02 bits per heavy atom. The Hall–Kier alpha value is -3.43. The standard InChI is InChI=1S/C33H41F2N5O3/c1-30(2,3)28-37-29(43-39-28)32-14-11-31(12-15-32,13-16-32)21-40(27(42)17-22-7-9-33(34,35)10-8-22)25-6-4-5-23(18-25)24-19-26(41)38-36-20-24/h4-6,18-20,22H,7-17,21H2,1-3H3,(H,38,41). The van der Waals surface area contributed by atoms with Gasteiger partial charge in [-0.25, -0.2) is 13.9 Å². The average Bonchev–Trinajstić information content (AvgIpc) is 3.51. The maximum atomic E-state index is 14.0. The molecule has 10 heteroatoms. The van der Waals surface area contributed by atoms with Crippen LogP contribution < -0.4 is 10.5 Å². The molecule has 4 aliphatic carbocycles. The predicted octanol–water partition coefficient (Wildman–Crippen LogP) is 6.96. The Morgan fingerprint density at radius 2 is 1.72 bits per heavy atom. The molecule has 4 saturated carbocycles. The largest absolute Gasteiger partial charge is 0.339 e. The summed E-state index contributed by atoms with van der Waals surface area (Å²) in [4.78, 5) is 32.7. The summed E-state index contributed by atoms with van der Waals surface area (Å²) in [6.45, 7) is 6.81. The first kappa shape index (κ1) is 29.6. The van der Waals surface area contributed by atoms with Crippen molar-refractivity contribution in [2.45, 2.75) is 108 Å². The van der Waals surface area contributed by atoms with Crippen LogP contribution >= 0.6 is 0 Å². The number of H-pyrrole nitrogens is 1. The van der Waals surface area contributed by atoms with Crippen LogP contribution in [0.5, 0.6) is 0 Å². The summed E-state index contributed by atoms with van der Waals surface area (Å²) < 4.78 is 33.5. The van der Waals surface area contributed by atoms with Crippen molar-refractivity contribution in [3.8, 4) is 11.1 Å². The number of amides is 1. The Morgan fingerprint density at radius 3 is 2.35 bits per heavy atom. The minimum absolute atomic E-state index is 0.0279. The van der Waals surface area contributed by atoms with Crippen LogP contribution in [-0.2, 0) is 15.6 Å². The first-order valence-electron chi connectivity index (χ1n) is 15.5. The third-order valence-electron chi connectivity index (χ3n) is 10.2. The van der Waals surface area contributed by atoms with Crippen molar-refractivity contribution in [1.29, 1.82) is 0 Å². The van der Waals surface area contributed by atoms with Crippen LogP contribution in [0.15, 0.2) is 45.8 Å². The van der Waals surface area contributed by atoms with Gasteiger partial charge in [0.1, 0.15) is 0 Å². The highest BCUT2D eigenvalue weighted by atomic mass is 19.3. The number of hydrogen-bond acceptors (Lipinski definition) is 6. The maximum Gasteiger partial charge on any atom is 0.264 e. The lowest BCUT2D eigenvalue weighted by molar-refractivity contribution is -0.121. The van der Waals surface area contributed by atoms with Crippen LogP contribution in [0.25, 0.3) is 11.1 Å². The molecule has 3 aromatic rings. The fraction of sp³-hybridized carbons (Fsp3) is 0.606. The van der Waals surface area contributed by atoms with Gasteiger partial charge in [0, 0.05) is 54.0 Å². The molecule has 0 unspecified atom stereocenters. The summed E-state index contributed by atoms with van der Waals surface area (Å²) in [6.07, 6.45) is 7.86. The van der Waals surface area contributed by atoms with Crippen LogP contribution in [0.1, 0.15) is 103 Å². The van der Waals surface area contributed by atoms with Gasteiger partial charge in [0.05, 0.1) is 6.20 Å². The number of carbonyl (C=O) groups excluding carboxylic acids is 1. The van der Waals surface area contributed by atoms with E-state index in [1.165, 1.54) is 6.07 Å². The first-order chi connectivity index (χ1) is 20.4. The molecule has 230 valence electrons. The second kappa shape index (κ2) is 10.9. The number of alkyl halides is 2. The van der Waals surface area contributed by atoms with Crippen molar-refractivity contribution >= 4 is 11.6 Å². The number of anilines is 1. The molecule has 0 radical (unpaired) electrons. The molecule has 1 amide bonds. The molecule has 4 aliphatic rings. The topological polar surface area (TPSA) is 105 Å². The summed E-state index contributed by atoms with van der Waals surface area (Å²) in [5.74, 6) is -1.23. The van der Waals surface area contributed by atoms with Gasteiger partial charge in [-0.3, -0.25) is 9.59 Å². The van der Waals surface area contributed by atoms with E-state index in [-0.39, 0.29) is 52.9 Å². The van der Waals surface area contributed by atoms with Gasteiger partial charge in [0.15, 0.2) is 5.82 Å². The maximum absolute atomic E-state index is 14.0. The first-order valence-corrected chi connectivity index (χ1v) is 15.5. The molecule has 7 rings (SSSR count). The molecular formula is C33H41F2N5O3. The number of hydrogen-bond donors (Lipinski definition) is 1.